The highest BCUT2D eigenvalue weighted by Crippen LogP contribution is 2.22. The molecule has 7 nitrogen and oxygen atoms in total. The van der Waals surface area contributed by atoms with Crippen molar-refractivity contribution >= 4 is 26.6 Å². The minimum atomic E-state index is -3.09. The lowest BCUT2D eigenvalue weighted by Gasteiger charge is -2.34. The predicted molar refractivity (Wildman–Crippen MR) is 99.7 cm³/mol. The van der Waals surface area contributed by atoms with Crippen molar-refractivity contribution in [2.24, 2.45) is 0 Å². The standard InChI is InChI=1S/C18H23N3O4S/c1-3-13(2)21(14-8-9-26(24,25)12-14)18(23)11-20-16-7-5-4-6-15(16)17(22)10-19-20/h4-7,10,13-14H,3,8-9,11-12H2,1-2H3/t13-,14-/m1/s1. The van der Waals surface area contributed by atoms with Crippen LogP contribution in [0.15, 0.2) is 35.3 Å². The lowest BCUT2D eigenvalue weighted by molar-refractivity contribution is -0.136. The third-order valence-corrected chi connectivity index (χ3v) is 6.75. The molecule has 2 atom stereocenters. The molecule has 0 spiro atoms. The maximum Gasteiger partial charge on any atom is 0.244 e. The molecule has 0 N–H and O–H groups in total. The summed E-state index contributed by atoms with van der Waals surface area (Å²) in [6, 6.07) is 6.66. The van der Waals surface area contributed by atoms with Crippen LogP contribution in [0.3, 0.4) is 0 Å². The first-order chi connectivity index (χ1) is 12.3. The zero-order valence-corrected chi connectivity index (χ0v) is 15.8. The number of para-hydroxylation sites is 1. The average Bonchev–Trinajstić information content (AvgIpc) is 2.97. The van der Waals surface area contributed by atoms with Crippen molar-refractivity contribution in [3.05, 3.63) is 40.7 Å². The SMILES string of the molecule is CC[C@@H](C)N(C(=O)Cn1ncc(=O)c2ccccc21)[C@@H]1CCS(=O)(=O)C1. The van der Waals surface area contributed by atoms with Crippen molar-refractivity contribution in [3.63, 3.8) is 0 Å². The first-order valence-electron chi connectivity index (χ1n) is 8.79. The van der Waals surface area contributed by atoms with Gasteiger partial charge in [0.25, 0.3) is 0 Å². The van der Waals surface area contributed by atoms with Crippen molar-refractivity contribution in [2.45, 2.75) is 45.3 Å². The van der Waals surface area contributed by atoms with Crippen LogP contribution in [-0.4, -0.2) is 52.6 Å². The number of benzene rings is 1. The van der Waals surface area contributed by atoms with Crippen LogP contribution in [0.2, 0.25) is 0 Å². The molecule has 1 aromatic heterocycles. The first-order valence-corrected chi connectivity index (χ1v) is 10.6. The third-order valence-electron chi connectivity index (χ3n) is 5.00. The lowest BCUT2D eigenvalue weighted by atomic mass is 10.1. The maximum absolute atomic E-state index is 13.0. The lowest BCUT2D eigenvalue weighted by Crippen LogP contribution is -2.48. The van der Waals surface area contributed by atoms with Gasteiger partial charge < -0.3 is 4.90 Å². The molecule has 0 saturated carbocycles. The highest BCUT2D eigenvalue weighted by Gasteiger charge is 2.36. The molecule has 1 amide bonds. The molecule has 0 unspecified atom stereocenters. The second kappa shape index (κ2) is 7.19. The van der Waals surface area contributed by atoms with E-state index < -0.39 is 9.84 Å². The number of hydrogen-bond donors (Lipinski definition) is 0. The number of nitrogens with zero attached hydrogens (tertiary/aromatic N) is 3. The Kier molecular flexibility index (Phi) is 5.13. The van der Waals surface area contributed by atoms with Crippen molar-refractivity contribution in [1.29, 1.82) is 0 Å². The quantitative estimate of drug-likeness (QED) is 0.781. The minimum absolute atomic E-state index is 0.0153. The summed E-state index contributed by atoms with van der Waals surface area (Å²) < 4.78 is 25.2. The number of aromatic nitrogens is 2. The summed E-state index contributed by atoms with van der Waals surface area (Å²) in [4.78, 5) is 26.7. The van der Waals surface area contributed by atoms with E-state index in [4.69, 9.17) is 0 Å². The van der Waals surface area contributed by atoms with E-state index in [9.17, 15) is 18.0 Å². The van der Waals surface area contributed by atoms with Crippen LogP contribution in [0.25, 0.3) is 10.9 Å². The second-order valence-electron chi connectivity index (χ2n) is 6.80. The molecule has 2 heterocycles. The molecular formula is C18H23N3O4S. The maximum atomic E-state index is 13.0. The van der Waals surface area contributed by atoms with Gasteiger partial charge in [-0.25, -0.2) is 8.42 Å². The third kappa shape index (κ3) is 3.65. The molecule has 0 bridgehead atoms. The molecule has 1 saturated heterocycles. The second-order valence-corrected chi connectivity index (χ2v) is 9.03. The fourth-order valence-corrected chi connectivity index (χ4v) is 5.21. The van der Waals surface area contributed by atoms with E-state index in [1.165, 1.54) is 10.9 Å². The van der Waals surface area contributed by atoms with E-state index >= 15 is 0 Å². The van der Waals surface area contributed by atoms with Crippen molar-refractivity contribution in [3.8, 4) is 0 Å². The van der Waals surface area contributed by atoms with Gasteiger partial charge in [0.05, 0.1) is 23.2 Å². The molecule has 1 aliphatic rings. The predicted octanol–water partition coefficient (Wildman–Crippen LogP) is 1.21. The van der Waals surface area contributed by atoms with Crippen LogP contribution >= 0.6 is 0 Å². The molecule has 8 heteroatoms. The number of carbonyl (C=O) groups is 1. The van der Waals surface area contributed by atoms with E-state index in [0.29, 0.717) is 17.3 Å². The normalized spacial score (nSPS) is 20.2. The summed E-state index contributed by atoms with van der Waals surface area (Å²) in [5.74, 6) is -0.0406. The number of amides is 1. The van der Waals surface area contributed by atoms with Gasteiger partial charge >= 0.3 is 0 Å². The number of carbonyl (C=O) groups excluding carboxylic acids is 1. The molecule has 3 rings (SSSR count). The number of sulfone groups is 1. The van der Waals surface area contributed by atoms with Gasteiger partial charge in [-0.15, -0.1) is 0 Å². The van der Waals surface area contributed by atoms with Gasteiger partial charge in [-0.05, 0) is 31.9 Å². The van der Waals surface area contributed by atoms with E-state index in [2.05, 4.69) is 5.10 Å². The van der Waals surface area contributed by atoms with Crippen LogP contribution in [0.1, 0.15) is 26.7 Å². The molecule has 1 aliphatic heterocycles. The van der Waals surface area contributed by atoms with Gasteiger partial charge in [-0.3, -0.25) is 14.3 Å². The Morgan fingerprint density at radius 1 is 1.38 bits per heavy atom. The van der Waals surface area contributed by atoms with Crippen LogP contribution in [0, 0.1) is 0 Å². The van der Waals surface area contributed by atoms with Crippen LogP contribution in [0.5, 0.6) is 0 Å². The Hall–Kier alpha value is -2.22. The zero-order valence-electron chi connectivity index (χ0n) is 15.0. The van der Waals surface area contributed by atoms with Crippen LogP contribution in [0.4, 0.5) is 0 Å². The number of fused-ring (bicyclic) bond motifs is 1. The Bertz CT molecular complexity index is 983. The smallest absolute Gasteiger partial charge is 0.244 e. The summed E-state index contributed by atoms with van der Waals surface area (Å²) in [7, 11) is -3.09. The Morgan fingerprint density at radius 3 is 2.77 bits per heavy atom. The van der Waals surface area contributed by atoms with E-state index in [1.54, 1.807) is 29.2 Å². The molecule has 2 aromatic rings. The Labute approximate surface area is 152 Å². The van der Waals surface area contributed by atoms with Gasteiger partial charge in [0.15, 0.2) is 9.84 Å². The molecule has 26 heavy (non-hydrogen) atoms. The largest absolute Gasteiger partial charge is 0.334 e. The van der Waals surface area contributed by atoms with Gasteiger partial charge in [0, 0.05) is 17.5 Å². The topological polar surface area (TPSA) is 89.3 Å². The first kappa shape index (κ1) is 18.6. The van der Waals surface area contributed by atoms with Crippen molar-refractivity contribution < 1.29 is 13.2 Å². The minimum Gasteiger partial charge on any atom is -0.334 e. The summed E-state index contributed by atoms with van der Waals surface area (Å²) in [5.41, 5.74) is 0.404. The van der Waals surface area contributed by atoms with Gasteiger partial charge in [-0.2, -0.15) is 5.10 Å². The number of hydrogen-bond acceptors (Lipinski definition) is 5. The monoisotopic (exact) mass is 377 g/mol. The molecular weight excluding hydrogens is 354 g/mol. The van der Waals surface area contributed by atoms with Gasteiger partial charge in [-0.1, -0.05) is 19.1 Å². The van der Waals surface area contributed by atoms with Gasteiger partial charge in [0.1, 0.15) is 6.54 Å². The van der Waals surface area contributed by atoms with Gasteiger partial charge in [0.2, 0.25) is 11.3 Å². The highest BCUT2D eigenvalue weighted by molar-refractivity contribution is 7.91. The molecule has 1 aromatic carbocycles. The average molecular weight is 377 g/mol. The molecule has 0 radical (unpaired) electrons. The molecule has 1 fully saturated rings. The molecule has 0 aliphatic carbocycles. The number of rotatable bonds is 5. The van der Waals surface area contributed by atoms with Crippen molar-refractivity contribution in [2.75, 3.05) is 11.5 Å². The summed E-state index contributed by atoms with van der Waals surface area (Å²) in [6.45, 7) is 3.88. The van der Waals surface area contributed by atoms with Crippen LogP contribution < -0.4 is 5.43 Å². The Balaban J connectivity index is 1.92. The Morgan fingerprint density at radius 2 is 2.12 bits per heavy atom. The van der Waals surface area contributed by atoms with E-state index in [-0.39, 0.29) is 41.5 Å². The summed E-state index contributed by atoms with van der Waals surface area (Å²) in [6.07, 6.45) is 2.42. The van der Waals surface area contributed by atoms with Crippen molar-refractivity contribution in [1.82, 2.24) is 14.7 Å². The zero-order chi connectivity index (χ0) is 18.9. The fraction of sp³-hybridized carbons (Fsp3) is 0.500. The highest BCUT2D eigenvalue weighted by atomic mass is 32.2. The fourth-order valence-electron chi connectivity index (χ4n) is 3.50. The summed E-state index contributed by atoms with van der Waals surface area (Å²) >= 11 is 0. The summed E-state index contributed by atoms with van der Waals surface area (Å²) in [5, 5.41) is 4.62. The van der Waals surface area contributed by atoms with Crippen LogP contribution in [-0.2, 0) is 21.2 Å². The van der Waals surface area contributed by atoms with E-state index in [1.807, 2.05) is 13.8 Å². The van der Waals surface area contributed by atoms with E-state index in [0.717, 1.165) is 6.42 Å². The molecule has 140 valence electrons.